The number of rotatable bonds is 4. The third-order valence-electron chi connectivity index (χ3n) is 2.38. The quantitative estimate of drug-likeness (QED) is 0.710. The Bertz CT molecular complexity index is 580. The third kappa shape index (κ3) is 2.98. The topological polar surface area (TPSA) is 82.2 Å². The molecule has 92 valence electrons. The Hall–Kier alpha value is -2.56. The molecule has 1 aromatic carbocycles. The van der Waals surface area contributed by atoms with Crippen LogP contribution in [0.5, 0.6) is 0 Å². The molecule has 0 atom stereocenters. The zero-order valence-electron chi connectivity index (χ0n) is 9.51. The summed E-state index contributed by atoms with van der Waals surface area (Å²) in [7, 11) is 0. The Balaban J connectivity index is 2.04. The third-order valence-corrected chi connectivity index (χ3v) is 2.38. The van der Waals surface area contributed by atoms with Crippen molar-refractivity contribution < 1.29 is 14.7 Å². The molecule has 0 saturated carbocycles. The summed E-state index contributed by atoms with van der Waals surface area (Å²) in [5.41, 5.74) is 1.78. The van der Waals surface area contributed by atoms with Crippen molar-refractivity contribution in [2.45, 2.75) is 0 Å². The highest BCUT2D eigenvalue weighted by atomic mass is 16.4. The average Bonchev–Trinajstić information content (AvgIpc) is 2.76. The predicted molar refractivity (Wildman–Crippen MR) is 68.0 cm³/mol. The Kier molecular flexibility index (Phi) is 3.43. The first kappa shape index (κ1) is 11.9. The molecule has 0 bridgehead atoms. The molecule has 0 aliphatic rings. The number of hydrogen-bond donors (Lipinski definition) is 3. The first-order valence-corrected chi connectivity index (χ1v) is 5.40. The molecule has 1 aromatic heterocycles. The summed E-state index contributed by atoms with van der Waals surface area (Å²) in [5.74, 6) is -1.50. The molecule has 0 unspecified atom stereocenters. The van der Waals surface area contributed by atoms with Crippen LogP contribution in [0.3, 0.4) is 0 Å². The summed E-state index contributed by atoms with van der Waals surface area (Å²) in [6, 6.07) is 9.68. The number of carboxylic acids is 1. The van der Waals surface area contributed by atoms with E-state index in [4.69, 9.17) is 5.11 Å². The molecule has 0 saturated heterocycles. The van der Waals surface area contributed by atoms with Crippen molar-refractivity contribution >= 4 is 28.9 Å². The number of aromatic amines is 1. The van der Waals surface area contributed by atoms with Crippen LogP contribution in [0.4, 0.5) is 0 Å². The van der Waals surface area contributed by atoms with Gasteiger partial charge in [0.15, 0.2) is 0 Å². The lowest BCUT2D eigenvalue weighted by Gasteiger charge is -1.95. The second-order valence-corrected chi connectivity index (χ2v) is 3.76. The number of aliphatic carboxylic acids is 1. The average molecular weight is 244 g/mol. The Morgan fingerprint density at radius 1 is 1.33 bits per heavy atom. The minimum atomic E-state index is -1.07. The number of benzene rings is 1. The van der Waals surface area contributed by atoms with Crippen LogP contribution in [0.25, 0.3) is 17.0 Å². The zero-order valence-corrected chi connectivity index (χ0v) is 9.51. The summed E-state index contributed by atoms with van der Waals surface area (Å²) < 4.78 is 0. The van der Waals surface area contributed by atoms with E-state index in [-0.39, 0.29) is 6.54 Å². The summed E-state index contributed by atoms with van der Waals surface area (Å²) in [5, 5.41) is 11.7. The first-order chi connectivity index (χ1) is 8.65. The molecule has 18 heavy (non-hydrogen) atoms. The number of carbonyl (C=O) groups is 2. The van der Waals surface area contributed by atoms with Crippen molar-refractivity contribution in [3.63, 3.8) is 0 Å². The summed E-state index contributed by atoms with van der Waals surface area (Å²) >= 11 is 0. The second kappa shape index (κ2) is 5.18. The fraction of sp³-hybridized carbons (Fsp3) is 0.0769. The normalized spacial score (nSPS) is 10.9. The van der Waals surface area contributed by atoms with Crippen LogP contribution in [-0.4, -0.2) is 28.5 Å². The van der Waals surface area contributed by atoms with Crippen LogP contribution in [0.15, 0.2) is 36.4 Å². The number of aromatic nitrogens is 1. The van der Waals surface area contributed by atoms with Crippen molar-refractivity contribution in [3.05, 3.63) is 42.1 Å². The maximum atomic E-state index is 11.3. The van der Waals surface area contributed by atoms with Crippen molar-refractivity contribution in [2.24, 2.45) is 0 Å². The lowest BCUT2D eigenvalue weighted by Crippen LogP contribution is -2.27. The highest BCUT2D eigenvalue weighted by molar-refractivity contribution is 5.94. The number of amides is 1. The lowest BCUT2D eigenvalue weighted by molar-refractivity contribution is -0.137. The van der Waals surface area contributed by atoms with Crippen LogP contribution in [0, 0.1) is 0 Å². The van der Waals surface area contributed by atoms with E-state index in [1.165, 1.54) is 6.08 Å². The van der Waals surface area contributed by atoms with Gasteiger partial charge in [-0.3, -0.25) is 9.59 Å². The molecular weight excluding hydrogens is 232 g/mol. The maximum absolute atomic E-state index is 11.3. The van der Waals surface area contributed by atoms with Gasteiger partial charge in [-0.2, -0.15) is 0 Å². The van der Waals surface area contributed by atoms with Crippen LogP contribution in [0.1, 0.15) is 5.69 Å². The fourth-order valence-corrected chi connectivity index (χ4v) is 1.57. The van der Waals surface area contributed by atoms with Gasteiger partial charge in [-0.1, -0.05) is 18.2 Å². The molecule has 2 rings (SSSR count). The van der Waals surface area contributed by atoms with Gasteiger partial charge in [0.1, 0.15) is 6.54 Å². The Labute approximate surface area is 103 Å². The first-order valence-electron chi connectivity index (χ1n) is 5.40. The summed E-state index contributed by atoms with van der Waals surface area (Å²) in [6.45, 7) is -0.379. The molecule has 2 aromatic rings. The molecule has 3 N–H and O–H groups in total. The van der Waals surface area contributed by atoms with Crippen molar-refractivity contribution in [2.75, 3.05) is 6.54 Å². The molecule has 5 heteroatoms. The van der Waals surface area contributed by atoms with Crippen LogP contribution in [0.2, 0.25) is 0 Å². The largest absolute Gasteiger partial charge is 0.480 e. The monoisotopic (exact) mass is 244 g/mol. The molecule has 1 amide bonds. The number of H-pyrrole nitrogens is 1. The number of hydrogen-bond acceptors (Lipinski definition) is 2. The highest BCUT2D eigenvalue weighted by Gasteiger charge is 2.00. The molecule has 5 nitrogen and oxygen atoms in total. The molecule has 1 heterocycles. The van der Waals surface area contributed by atoms with Crippen LogP contribution < -0.4 is 5.32 Å². The van der Waals surface area contributed by atoms with Gasteiger partial charge in [0.2, 0.25) is 5.91 Å². The second-order valence-electron chi connectivity index (χ2n) is 3.76. The Morgan fingerprint density at radius 2 is 2.11 bits per heavy atom. The Morgan fingerprint density at radius 3 is 2.83 bits per heavy atom. The standard InChI is InChI=1S/C13H12N2O3/c16-12(14-8-13(17)18)6-5-10-7-9-3-1-2-4-11(9)15-10/h1-7,15H,8H2,(H,14,16)(H,17,18). The number of carbonyl (C=O) groups excluding carboxylic acids is 1. The van der Waals surface area contributed by atoms with Gasteiger partial charge in [0.25, 0.3) is 0 Å². The van der Waals surface area contributed by atoms with E-state index >= 15 is 0 Å². The molecular formula is C13H12N2O3. The van der Waals surface area contributed by atoms with Crippen LogP contribution >= 0.6 is 0 Å². The van der Waals surface area contributed by atoms with Crippen LogP contribution in [-0.2, 0) is 9.59 Å². The van der Waals surface area contributed by atoms with Crippen molar-refractivity contribution in [1.82, 2.24) is 10.3 Å². The van der Waals surface area contributed by atoms with Crippen molar-refractivity contribution in [3.8, 4) is 0 Å². The van der Waals surface area contributed by atoms with E-state index in [1.807, 2.05) is 30.3 Å². The predicted octanol–water partition coefficient (Wildman–Crippen LogP) is 1.38. The van der Waals surface area contributed by atoms with E-state index in [9.17, 15) is 9.59 Å². The van der Waals surface area contributed by atoms with E-state index in [1.54, 1.807) is 6.08 Å². The van der Waals surface area contributed by atoms with Gasteiger partial charge in [0.05, 0.1) is 0 Å². The summed E-state index contributed by atoms with van der Waals surface area (Å²) in [6.07, 6.45) is 2.91. The molecule has 0 radical (unpaired) electrons. The maximum Gasteiger partial charge on any atom is 0.322 e. The number of carboxylic acid groups (broad SMARTS) is 1. The van der Waals surface area contributed by atoms with Gasteiger partial charge in [0, 0.05) is 17.3 Å². The number of fused-ring (bicyclic) bond motifs is 1. The SMILES string of the molecule is O=C(O)CNC(=O)C=Cc1cc2ccccc2[nH]1. The van der Waals surface area contributed by atoms with Gasteiger partial charge < -0.3 is 15.4 Å². The highest BCUT2D eigenvalue weighted by Crippen LogP contribution is 2.15. The minimum Gasteiger partial charge on any atom is -0.480 e. The molecule has 0 fully saturated rings. The molecule has 0 aliphatic carbocycles. The van der Waals surface area contributed by atoms with Gasteiger partial charge in [-0.05, 0) is 23.6 Å². The van der Waals surface area contributed by atoms with E-state index in [2.05, 4.69) is 10.3 Å². The van der Waals surface area contributed by atoms with E-state index in [0.29, 0.717) is 0 Å². The molecule has 0 aliphatic heterocycles. The number of nitrogens with one attached hydrogen (secondary N) is 2. The number of para-hydroxylation sites is 1. The fourth-order valence-electron chi connectivity index (χ4n) is 1.57. The zero-order chi connectivity index (χ0) is 13.0. The lowest BCUT2D eigenvalue weighted by atomic mass is 10.2. The van der Waals surface area contributed by atoms with Crippen molar-refractivity contribution in [1.29, 1.82) is 0 Å². The van der Waals surface area contributed by atoms with Gasteiger partial charge >= 0.3 is 5.97 Å². The molecule has 0 spiro atoms. The summed E-state index contributed by atoms with van der Waals surface area (Å²) in [4.78, 5) is 24.6. The van der Waals surface area contributed by atoms with E-state index < -0.39 is 11.9 Å². The van der Waals surface area contributed by atoms with E-state index in [0.717, 1.165) is 16.6 Å². The minimum absolute atomic E-state index is 0.379. The van der Waals surface area contributed by atoms with Gasteiger partial charge in [-0.15, -0.1) is 0 Å². The smallest absolute Gasteiger partial charge is 0.322 e. The van der Waals surface area contributed by atoms with Gasteiger partial charge in [-0.25, -0.2) is 0 Å².